The van der Waals surface area contributed by atoms with Gasteiger partial charge < -0.3 is 4.90 Å². The van der Waals surface area contributed by atoms with Crippen molar-refractivity contribution < 1.29 is 4.79 Å². The van der Waals surface area contributed by atoms with Crippen LogP contribution in [0.3, 0.4) is 0 Å². The average molecular weight is 343 g/mol. The van der Waals surface area contributed by atoms with Crippen LogP contribution < -0.4 is 0 Å². The van der Waals surface area contributed by atoms with Crippen molar-refractivity contribution in [3.8, 4) is 0 Å². The Balaban J connectivity index is 1.70. The fourth-order valence-electron chi connectivity index (χ4n) is 4.94. The fraction of sp³-hybridized carbons (Fsp3) is 0.682. The highest BCUT2D eigenvalue weighted by Gasteiger charge is 2.50. The van der Waals surface area contributed by atoms with E-state index in [1.165, 1.54) is 51.7 Å². The van der Waals surface area contributed by atoms with Gasteiger partial charge in [-0.1, -0.05) is 43.7 Å². The number of hydrogen-bond donors (Lipinski definition) is 0. The Morgan fingerprint density at radius 1 is 1.08 bits per heavy atom. The molecule has 2 aliphatic rings. The van der Waals surface area contributed by atoms with Crippen LogP contribution in [0.25, 0.3) is 0 Å². The molecule has 138 valence electrons. The first kappa shape index (κ1) is 18.6. The summed E-state index contributed by atoms with van der Waals surface area (Å²) >= 11 is 0. The van der Waals surface area contributed by atoms with Crippen LogP contribution in [0, 0.1) is 5.41 Å². The molecule has 1 spiro atoms. The van der Waals surface area contributed by atoms with Crippen molar-refractivity contribution >= 4 is 5.78 Å². The predicted octanol–water partition coefficient (Wildman–Crippen LogP) is 4.24. The molecule has 1 heterocycles. The van der Waals surface area contributed by atoms with Crippen molar-refractivity contribution in [2.24, 2.45) is 5.41 Å². The topological polar surface area (TPSA) is 23.6 Å². The van der Waals surface area contributed by atoms with Gasteiger partial charge in [-0.2, -0.15) is 0 Å². The van der Waals surface area contributed by atoms with Crippen molar-refractivity contribution in [2.75, 3.05) is 33.7 Å². The molecule has 0 aromatic heterocycles. The molecular formula is C22H34N2O. The first-order valence-corrected chi connectivity index (χ1v) is 10.0. The Morgan fingerprint density at radius 3 is 2.36 bits per heavy atom. The number of unbranched alkanes of at least 4 members (excludes halogenated alkanes) is 1. The number of nitrogens with zero attached hydrogens (tertiary/aromatic N) is 2. The average Bonchev–Trinajstić information content (AvgIpc) is 3.03. The number of carbonyl (C=O) groups is 1. The number of likely N-dealkylation sites (N-methyl/N-ethyl adjacent to an activating group) is 1. The maximum atomic E-state index is 13.3. The van der Waals surface area contributed by atoms with E-state index in [0.29, 0.717) is 11.2 Å². The largest absolute Gasteiger partial charge is 0.303 e. The Bertz CT molecular complexity index is 573. The first-order valence-electron chi connectivity index (χ1n) is 10.0. The quantitative estimate of drug-likeness (QED) is 0.723. The summed E-state index contributed by atoms with van der Waals surface area (Å²) in [7, 11) is 4.17. The molecule has 3 rings (SSSR count). The molecule has 0 amide bonds. The molecule has 0 bridgehead atoms. The summed E-state index contributed by atoms with van der Waals surface area (Å²) < 4.78 is 0. The Morgan fingerprint density at radius 2 is 1.76 bits per heavy atom. The van der Waals surface area contributed by atoms with E-state index < -0.39 is 0 Å². The molecule has 0 atom stereocenters. The lowest BCUT2D eigenvalue weighted by molar-refractivity contribution is 0.0339. The molecule has 1 aliphatic heterocycles. The molecule has 1 aliphatic carbocycles. The lowest BCUT2D eigenvalue weighted by Gasteiger charge is -2.47. The molecule has 1 saturated carbocycles. The summed E-state index contributed by atoms with van der Waals surface area (Å²) in [5, 5.41) is 0. The van der Waals surface area contributed by atoms with E-state index in [1.54, 1.807) is 0 Å². The predicted molar refractivity (Wildman–Crippen MR) is 104 cm³/mol. The van der Waals surface area contributed by atoms with Gasteiger partial charge in [0.15, 0.2) is 5.78 Å². The zero-order chi connectivity index (χ0) is 17.9. The highest BCUT2D eigenvalue weighted by Crippen LogP contribution is 2.49. The molecule has 2 fully saturated rings. The summed E-state index contributed by atoms with van der Waals surface area (Å²) in [6, 6.07) is 9.88. The van der Waals surface area contributed by atoms with Crippen LogP contribution in [0.15, 0.2) is 30.3 Å². The third-order valence-electron chi connectivity index (χ3n) is 6.80. The van der Waals surface area contributed by atoms with Gasteiger partial charge in [0.05, 0.1) is 5.54 Å². The molecule has 0 N–H and O–H groups in total. The first-order chi connectivity index (χ1) is 12.0. The Kier molecular flexibility index (Phi) is 5.65. The molecule has 3 heteroatoms. The fourth-order valence-corrected chi connectivity index (χ4v) is 4.94. The summed E-state index contributed by atoms with van der Waals surface area (Å²) in [6.45, 7) is 6.02. The summed E-state index contributed by atoms with van der Waals surface area (Å²) in [6.07, 6.45) is 8.27. The molecule has 1 aromatic carbocycles. The van der Waals surface area contributed by atoms with Crippen molar-refractivity contribution in [1.82, 2.24) is 9.80 Å². The van der Waals surface area contributed by atoms with Gasteiger partial charge in [-0.05, 0) is 71.1 Å². The van der Waals surface area contributed by atoms with Crippen LogP contribution in [-0.4, -0.2) is 54.9 Å². The zero-order valence-electron chi connectivity index (χ0n) is 16.3. The third kappa shape index (κ3) is 3.68. The Labute approximate surface area is 153 Å². The summed E-state index contributed by atoms with van der Waals surface area (Å²) in [5.74, 6) is 0.314. The van der Waals surface area contributed by atoms with Crippen LogP contribution >= 0.6 is 0 Å². The van der Waals surface area contributed by atoms with Gasteiger partial charge in [0, 0.05) is 12.1 Å². The minimum absolute atomic E-state index is 0.314. The van der Waals surface area contributed by atoms with Crippen LogP contribution in [0.1, 0.15) is 62.2 Å². The number of hydrogen-bond acceptors (Lipinski definition) is 3. The minimum Gasteiger partial charge on any atom is -0.303 e. The summed E-state index contributed by atoms with van der Waals surface area (Å²) in [4.78, 5) is 18.2. The number of Topliss-reactive ketones (excluding diaryl/α,β-unsaturated/α-hetero) is 1. The van der Waals surface area contributed by atoms with E-state index in [2.05, 4.69) is 30.8 Å². The van der Waals surface area contributed by atoms with Crippen molar-refractivity contribution in [3.05, 3.63) is 35.9 Å². The van der Waals surface area contributed by atoms with Gasteiger partial charge in [-0.25, -0.2) is 0 Å². The maximum Gasteiger partial charge on any atom is 0.183 e. The number of likely N-dealkylation sites (tertiary alicyclic amines) is 1. The lowest BCUT2D eigenvalue weighted by atomic mass is 9.64. The van der Waals surface area contributed by atoms with E-state index >= 15 is 0 Å². The second kappa shape index (κ2) is 7.59. The van der Waals surface area contributed by atoms with Gasteiger partial charge in [0.2, 0.25) is 0 Å². The van der Waals surface area contributed by atoms with E-state index in [-0.39, 0.29) is 5.54 Å². The zero-order valence-corrected chi connectivity index (χ0v) is 16.3. The number of benzene rings is 1. The standard InChI is InChI=1S/C22H34N2O/c1-4-5-16-24-17-15-21(18-24)11-13-22(14-12-21,23(2)3)20(25)19-9-7-6-8-10-19/h6-10H,4-5,11-18H2,1-3H3. The second-order valence-corrected chi connectivity index (χ2v) is 8.50. The van der Waals surface area contributed by atoms with Crippen molar-refractivity contribution in [3.63, 3.8) is 0 Å². The Hall–Kier alpha value is -1.19. The highest BCUT2D eigenvalue weighted by atomic mass is 16.1. The van der Waals surface area contributed by atoms with Gasteiger partial charge in [-0.3, -0.25) is 9.69 Å². The van der Waals surface area contributed by atoms with Crippen LogP contribution in [0.4, 0.5) is 0 Å². The maximum absolute atomic E-state index is 13.3. The molecular weight excluding hydrogens is 308 g/mol. The van der Waals surface area contributed by atoms with Gasteiger partial charge in [0.1, 0.15) is 0 Å². The van der Waals surface area contributed by atoms with Crippen LogP contribution in [-0.2, 0) is 0 Å². The molecule has 0 unspecified atom stereocenters. The monoisotopic (exact) mass is 342 g/mol. The van der Waals surface area contributed by atoms with Gasteiger partial charge in [-0.15, -0.1) is 0 Å². The SMILES string of the molecule is CCCCN1CCC2(CCC(C(=O)c3ccccc3)(N(C)C)CC2)C1. The van der Waals surface area contributed by atoms with Crippen molar-refractivity contribution in [1.29, 1.82) is 0 Å². The van der Waals surface area contributed by atoms with Crippen molar-refractivity contribution in [2.45, 2.75) is 57.4 Å². The van der Waals surface area contributed by atoms with Gasteiger partial charge in [0.25, 0.3) is 0 Å². The summed E-state index contributed by atoms with van der Waals surface area (Å²) in [5.41, 5.74) is 1.01. The van der Waals surface area contributed by atoms with E-state index in [4.69, 9.17) is 0 Å². The number of ketones is 1. The van der Waals surface area contributed by atoms with Crippen LogP contribution in [0.2, 0.25) is 0 Å². The van der Waals surface area contributed by atoms with Crippen LogP contribution in [0.5, 0.6) is 0 Å². The van der Waals surface area contributed by atoms with E-state index in [1.807, 2.05) is 30.3 Å². The smallest absolute Gasteiger partial charge is 0.183 e. The highest BCUT2D eigenvalue weighted by molar-refractivity contribution is 6.03. The molecule has 1 aromatic rings. The minimum atomic E-state index is -0.316. The second-order valence-electron chi connectivity index (χ2n) is 8.50. The normalized spacial score (nSPS) is 30.2. The molecule has 25 heavy (non-hydrogen) atoms. The molecule has 1 saturated heterocycles. The lowest BCUT2D eigenvalue weighted by Crippen LogP contribution is -2.55. The third-order valence-corrected chi connectivity index (χ3v) is 6.80. The number of rotatable bonds is 6. The number of carbonyl (C=O) groups excluding carboxylic acids is 1. The van der Waals surface area contributed by atoms with E-state index in [0.717, 1.165) is 18.4 Å². The van der Waals surface area contributed by atoms with Gasteiger partial charge >= 0.3 is 0 Å². The molecule has 0 radical (unpaired) electrons. The molecule has 3 nitrogen and oxygen atoms in total. The van der Waals surface area contributed by atoms with E-state index in [9.17, 15) is 4.79 Å².